The highest BCUT2D eigenvalue weighted by molar-refractivity contribution is 9.10. The SMILES string of the molecule is CCc1ccsc1C(N)Cc1ccc(F)cc1Br. The predicted octanol–water partition coefficient (Wildman–Crippen LogP) is 4.45. The molecule has 1 atom stereocenters. The highest BCUT2D eigenvalue weighted by atomic mass is 79.9. The lowest BCUT2D eigenvalue weighted by Crippen LogP contribution is -2.13. The molecule has 0 aliphatic heterocycles. The van der Waals surface area contributed by atoms with Gasteiger partial charge in [-0.2, -0.15) is 0 Å². The second kappa shape index (κ2) is 5.95. The molecule has 96 valence electrons. The molecule has 0 fully saturated rings. The van der Waals surface area contributed by atoms with E-state index in [2.05, 4.69) is 34.3 Å². The van der Waals surface area contributed by atoms with Gasteiger partial charge in [0.15, 0.2) is 0 Å². The van der Waals surface area contributed by atoms with Crippen molar-refractivity contribution >= 4 is 27.3 Å². The Morgan fingerprint density at radius 2 is 2.11 bits per heavy atom. The van der Waals surface area contributed by atoms with Crippen molar-refractivity contribution in [3.8, 4) is 0 Å². The van der Waals surface area contributed by atoms with Crippen LogP contribution >= 0.6 is 27.3 Å². The Balaban J connectivity index is 2.18. The normalized spacial score (nSPS) is 12.7. The molecule has 1 unspecified atom stereocenters. The Kier molecular flexibility index (Phi) is 4.54. The number of thiophene rings is 1. The van der Waals surface area contributed by atoms with Gasteiger partial charge >= 0.3 is 0 Å². The third-order valence-corrected chi connectivity index (χ3v) is 4.78. The summed E-state index contributed by atoms with van der Waals surface area (Å²) >= 11 is 5.08. The van der Waals surface area contributed by atoms with Gasteiger partial charge < -0.3 is 5.73 Å². The molecule has 2 aromatic rings. The molecule has 0 aliphatic rings. The van der Waals surface area contributed by atoms with Gasteiger partial charge in [0.05, 0.1) is 0 Å². The van der Waals surface area contributed by atoms with Crippen molar-refractivity contribution in [2.24, 2.45) is 5.73 Å². The van der Waals surface area contributed by atoms with E-state index in [0.717, 1.165) is 16.5 Å². The summed E-state index contributed by atoms with van der Waals surface area (Å²) in [5, 5.41) is 2.08. The maximum atomic E-state index is 13.0. The van der Waals surface area contributed by atoms with Crippen LogP contribution in [0.25, 0.3) is 0 Å². The lowest BCUT2D eigenvalue weighted by Gasteiger charge is -2.13. The lowest BCUT2D eigenvalue weighted by atomic mass is 10.0. The van der Waals surface area contributed by atoms with Crippen LogP contribution in [0.5, 0.6) is 0 Å². The first-order chi connectivity index (χ1) is 8.61. The number of benzene rings is 1. The Morgan fingerprint density at radius 3 is 2.78 bits per heavy atom. The van der Waals surface area contributed by atoms with E-state index in [1.807, 2.05) is 0 Å². The summed E-state index contributed by atoms with van der Waals surface area (Å²) < 4.78 is 13.8. The monoisotopic (exact) mass is 327 g/mol. The van der Waals surface area contributed by atoms with Gasteiger partial charge in [-0.1, -0.05) is 28.9 Å². The summed E-state index contributed by atoms with van der Waals surface area (Å²) in [5.41, 5.74) is 8.60. The van der Waals surface area contributed by atoms with Gasteiger partial charge in [0, 0.05) is 15.4 Å². The Bertz CT molecular complexity index is 538. The van der Waals surface area contributed by atoms with E-state index in [4.69, 9.17) is 5.73 Å². The molecule has 0 spiro atoms. The first-order valence-corrected chi connectivity index (χ1v) is 7.54. The van der Waals surface area contributed by atoms with E-state index in [1.165, 1.54) is 22.6 Å². The molecule has 0 radical (unpaired) electrons. The summed E-state index contributed by atoms with van der Waals surface area (Å²) in [6.07, 6.45) is 1.71. The molecule has 0 aliphatic carbocycles. The third-order valence-electron chi connectivity index (χ3n) is 2.95. The van der Waals surface area contributed by atoms with Crippen molar-refractivity contribution in [3.05, 3.63) is 55.9 Å². The van der Waals surface area contributed by atoms with E-state index >= 15 is 0 Å². The fourth-order valence-corrected chi connectivity index (χ4v) is 3.50. The van der Waals surface area contributed by atoms with Gasteiger partial charge in [-0.15, -0.1) is 11.3 Å². The van der Waals surface area contributed by atoms with Gasteiger partial charge in [-0.3, -0.25) is 0 Å². The molecular weight excluding hydrogens is 313 g/mol. The van der Waals surface area contributed by atoms with Crippen molar-refractivity contribution in [1.29, 1.82) is 0 Å². The average molecular weight is 328 g/mol. The summed E-state index contributed by atoms with van der Waals surface area (Å²) in [7, 11) is 0. The van der Waals surface area contributed by atoms with Crippen molar-refractivity contribution in [1.82, 2.24) is 0 Å². The summed E-state index contributed by atoms with van der Waals surface area (Å²) in [6.45, 7) is 2.13. The Hall–Kier alpha value is -0.710. The summed E-state index contributed by atoms with van der Waals surface area (Å²) in [6, 6.07) is 6.85. The zero-order valence-corrected chi connectivity index (χ0v) is 12.5. The van der Waals surface area contributed by atoms with Crippen molar-refractivity contribution in [3.63, 3.8) is 0 Å². The molecule has 2 rings (SSSR count). The number of rotatable bonds is 4. The van der Waals surface area contributed by atoms with Crippen LogP contribution in [-0.2, 0) is 12.8 Å². The minimum atomic E-state index is -0.232. The Labute approximate surface area is 119 Å². The zero-order valence-electron chi connectivity index (χ0n) is 10.1. The van der Waals surface area contributed by atoms with Crippen molar-refractivity contribution in [2.45, 2.75) is 25.8 Å². The van der Waals surface area contributed by atoms with Crippen LogP contribution in [0, 0.1) is 5.82 Å². The van der Waals surface area contributed by atoms with E-state index in [-0.39, 0.29) is 11.9 Å². The molecule has 2 N–H and O–H groups in total. The topological polar surface area (TPSA) is 26.0 Å². The fourth-order valence-electron chi connectivity index (χ4n) is 1.98. The molecule has 1 heterocycles. The van der Waals surface area contributed by atoms with Crippen LogP contribution in [0.15, 0.2) is 34.1 Å². The second-order valence-corrected chi connectivity index (χ2v) is 6.01. The molecule has 0 amide bonds. The van der Waals surface area contributed by atoms with Crippen LogP contribution in [0.1, 0.15) is 29.0 Å². The minimum Gasteiger partial charge on any atom is -0.323 e. The zero-order chi connectivity index (χ0) is 13.1. The maximum absolute atomic E-state index is 13.0. The number of nitrogens with two attached hydrogens (primary N) is 1. The van der Waals surface area contributed by atoms with E-state index in [1.54, 1.807) is 17.4 Å². The lowest BCUT2D eigenvalue weighted by molar-refractivity contribution is 0.624. The third kappa shape index (κ3) is 2.99. The van der Waals surface area contributed by atoms with Crippen LogP contribution in [0.3, 0.4) is 0 Å². The van der Waals surface area contributed by atoms with Crippen molar-refractivity contribution < 1.29 is 4.39 Å². The van der Waals surface area contributed by atoms with Gasteiger partial charge in [-0.05, 0) is 47.5 Å². The average Bonchev–Trinajstić information content (AvgIpc) is 2.81. The van der Waals surface area contributed by atoms with Crippen LogP contribution in [0.2, 0.25) is 0 Å². The molecule has 1 aromatic heterocycles. The van der Waals surface area contributed by atoms with Gasteiger partial charge in [0.2, 0.25) is 0 Å². The van der Waals surface area contributed by atoms with E-state index in [0.29, 0.717) is 6.42 Å². The van der Waals surface area contributed by atoms with Crippen LogP contribution in [0.4, 0.5) is 4.39 Å². The Morgan fingerprint density at radius 1 is 1.33 bits per heavy atom. The predicted molar refractivity (Wildman–Crippen MR) is 78.4 cm³/mol. The molecule has 0 bridgehead atoms. The van der Waals surface area contributed by atoms with E-state index < -0.39 is 0 Å². The van der Waals surface area contributed by atoms with E-state index in [9.17, 15) is 4.39 Å². The van der Waals surface area contributed by atoms with Gasteiger partial charge in [0.1, 0.15) is 5.82 Å². The molecule has 1 nitrogen and oxygen atoms in total. The highest BCUT2D eigenvalue weighted by Crippen LogP contribution is 2.28. The number of aryl methyl sites for hydroxylation is 1. The number of halogens is 2. The smallest absolute Gasteiger partial charge is 0.124 e. The number of hydrogen-bond acceptors (Lipinski definition) is 2. The largest absolute Gasteiger partial charge is 0.323 e. The fraction of sp³-hybridized carbons (Fsp3) is 0.286. The number of hydrogen-bond donors (Lipinski definition) is 1. The molecule has 4 heteroatoms. The standard InChI is InChI=1S/C14H15BrFNS/c1-2-9-5-6-18-14(9)13(17)7-10-3-4-11(16)8-12(10)15/h3-6,8,13H,2,7,17H2,1H3. The first-order valence-electron chi connectivity index (χ1n) is 5.87. The summed E-state index contributed by atoms with van der Waals surface area (Å²) in [4.78, 5) is 1.23. The van der Waals surface area contributed by atoms with Crippen LogP contribution in [-0.4, -0.2) is 0 Å². The van der Waals surface area contributed by atoms with Crippen molar-refractivity contribution in [2.75, 3.05) is 0 Å². The van der Waals surface area contributed by atoms with Gasteiger partial charge in [-0.25, -0.2) is 4.39 Å². The maximum Gasteiger partial charge on any atom is 0.124 e. The molecule has 18 heavy (non-hydrogen) atoms. The van der Waals surface area contributed by atoms with Crippen LogP contribution < -0.4 is 5.73 Å². The molecule has 1 aromatic carbocycles. The molecule has 0 saturated heterocycles. The quantitative estimate of drug-likeness (QED) is 0.881. The second-order valence-electron chi connectivity index (χ2n) is 4.21. The summed E-state index contributed by atoms with van der Waals surface area (Å²) in [5.74, 6) is -0.232. The highest BCUT2D eigenvalue weighted by Gasteiger charge is 2.14. The molecular formula is C14H15BrFNS. The molecule has 0 saturated carbocycles. The van der Waals surface area contributed by atoms with Gasteiger partial charge in [0.25, 0.3) is 0 Å². The minimum absolute atomic E-state index is 0.0262. The first kappa shape index (κ1) is 13.7.